The van der Waals surface area contributed by atoms with Gasteiger partial charge in [0.15, 0.2) is 0 Å². The van der Waals surface area contributed by atoms with Crippen molar-refractivity contribution in [2.75, 3.05) is 19.3 Å². The molecule has 1 aromatic heterocycles. The van der Waals surface area contributed by atoms with E-state index in [4.69, 9.17) is 4.52 Å². The number of halogens is 3. The third kappa shape index (κ3) is 4.01. The molecular formula is C15H16F3N3O3S. The lowest BCUT2D eigenvalue weighted by Gasteiger charge is -2.28. The number of rotatable bonds is 3. The molecule has 136 valence electrons. The van der Waals surface area contributed by atoms with Crippen molar-refractivity contribution in [3.8, 4) is 11.4 Å². The average molecular weight is 375 g/mol. The summed E-state index contributed by atoms with van der Waals surface area (Å²) in [7, 11) is -3.21. The van der Waals surface area contributed by atoms with Gasteiger partial charge in [0.05, 0.1) is 11.8 Å². The monoisotopic (exact) mass is 375 g/mol. The van der Waals surface area contributed by atoms with Crippen molar-refractivity contribution in [2.45, 2.75) is 24.9 Å². The quantitative estimate of drug-likeness (QED) is 0.825. The van der Waals surface area contributed by atoms with Crippen LogP contribution in [-0.2, 0) is 16.2 Å². The van der Waals surface area contributed by atoms with Crippen LogP contribution in [0.4, 0.5) is 13.2 Å². The fourth-order valence-corrected chi connectivity index (χ4v) is 3.64. The van der Waals surface area contributed by atoms with Crippen LogP contribution in [0.1, 0.15) is 30.2 Å². The number of sulfonamides is 1. The van der Waals surface area contributed by atoms with E-state index in [9.17, 15) is 21.6 Å². The number of nitrogens with zero attached hydrogens (tertiary/aromatic N) is 3. The van der Waals surface area contributed by atoms with Crippen LogP contribution in [0.25, 0.3) is 11.4 Å². The molecule has 0 bridgehead atoms. The van der Waals surface area contributed by atoms with Gasteiger partial charge in [-0.25, -0.2) is 12.7 Å². The Morgan fingerprint density at radius 2 is 1.76 bits per heavy atom. The van der Waals surface area contributed by atoms with Gasteiger partial charge < -0.3 is 4.52 Å². The summed E-state index contributed by atoms with van der Waals surface area (Å²) in [5.74, 6) is 0.533. The minimum Gasteiger partial charge on any atom is -0.339 e. The van der Waals surface area contributed by atoms with Gasteiger partial charge in [0.25, 0.3) is 0 Å². The lowest BCUT2D eigenvalue weighted by atomic mass is 9.98. The maximum Gasteiger partial charge on any atom is 0.416 e. The first kappa shape index (κ1) is 17.9. The van der Waals surface area contributed by atoms with Gasteiger partial charge in [0.1, 0.15) is 0 Å². The maximum atomic E-state index is 12.6. The summed E-state index contributed by atoms with van der Waals surface area (Å²) in [5.41, 5.74) is -0.315. The van der Waals surface area contributed by atoms with E-state index < -0.39 is 21.8 Å². The molecule has 1 aliphatic heterocycles. The van der Waals surface area contributed by atoms with Crippen molar-refractivity contribution < 1.29 is 26.1 Å². The van der Waals surface area contributed by atoms with Crippen molar-refractivity contribution in [3.05, 3.63) is 35.7 Å². The van der Waals surface area contributed by atoms with Crippen molar-refractivity contribution in [2.24, 2.45) is 0 Å². The Labute approximate surface area is 142 Å². The highest BCUT2D eigenvalue weighted by molar-refractivity contribution is 7.88. The van der Waals surface area contributed by atoms with Crippen molar-refractivity contribution in [1.29, 1.82) is 0 Å². The molecule has 1 fully saturated rings. The van der Waals surface area contributed by atoms with Crippen LogP contribution in [0.5, 0.6) is 0 Å². The average Bonchev–Trinajstić information content (AvgIpc) is 3.03. The molecule has 1 saturated heterocycles. The van der Waals surface area contributed by atoms with Gasteiger partial charge in [0, 0.05) is 24.6 Å². The van der Waals surface area contributed by atoms with Crippen LogP contribution >= 0.6 is 0 Å². The summed E-state index contributed by atoms with van der Waals surface area (Å²) < 4.78 is 67.4. The summed E-state index contributed by atoms with van der Waals surface area (Å²) in [6.07, 6.45) is -2.11. The molecule has 10 heteroatoms. The summed E-state index contributed by atoms with van der Waals surface area (Å²) >= 11 is 0. The standard InChI is InChI=1S/C15H16F3N3O3S/c1-25(22,23)21-8-6-11(7-9-21)14-19-13(20-24-14)10-2-4-12(5-3-10)15(16,17)18/h2-5,11H,6-9H2,1H3. The highest BCUT2D eigenvalue weighted by atomic mass is 32.2. The van der Waals surface area contributed by atoms with Crippen molar-refractivity contribution >= 4 is 10.0 Å². The Balaban J connectivity index is 1.71. The molecule has 25 heavy (non-hydrogen) atoms. The minimum atomic E-state index is -4.39. The zero-order chi connectivity index (χ0) is 18.2. The third-order valence-corrected chi connectivity index (χ3v) is 5.49. The summed E-state index contributed by atoms with van der Waals surface area (Å²) in [6, 6.07) is 4.53. The minimum absolute atomic E-state index is 0.0614. The Morgan fingerprint density at radius 3 is 2.28 bits per heavy atom. The first-order valence-electron chi connectivity index (χ1n) is 7.61. The SMILES string of the molecule is CS(=O)(=O)N1CCC(c2nc(-c3ccc(C(F)(F)F)cc3)no2)CC1. The second-order valence-electron chi connectivity index (χ2n) is 5.97. The smallest absolute Gasteiger partial charge is 0.339 e. The predicted molar refractivity (Wildman–Crippen MR) is 83.1 cm³/mol. The molecule has 2 heterocycles. The molecule has 1 aromatic carbocycles. The first-order valence-corrected chi connectivity index (χ1v) is 9.46. The number of hydrogen-bond donors (Lipinski definition) is 0. The summed E-state index contributed by atoms with van der Waals surface area (Å²) in [5, 5.41) is 3.82. The van der Waals surface area contributed by atoms with Gasteiger partial charge >= 0.3 is 6.18 Å². The summed E-state index contributed by atoms with van der Waals surface area (Å²) in [6.45, 7) is 0.753. The molecule has 1 aliphatic rings. The second-order valence-corrected chi connectivity index (χ2v) is 7.95. The maximum absolute atomic E-state index is 12.6. The number of piperidine rings is 1. The van der Waals surface area contributed by atoms with E-state index >= 15 is 0 Å². The van der Waals surface area contributed by atoms with E-state index in [0.29, 0.717) is 37.4 Å². The van der Waals surface area contributed by atoms with E-state index in [2.05, 4.69) is 10.1 Å². The lowest BCUT2D eigenvalue weighted by Crippen LogP contribution is -2.37. The molecule has 0 unspecified atom stereocenters. The number of hydrogen-bond acceptors (Lipinski definition) is 5. The third-order valence-electron chi connectivity index (χ3n) is 4.18. The molecule has 6 nitrogen and oxygen atoms in total. The molecule has 0 saturated carbocycles. The van der Waals surface area contributed by atoms with Crippen LogP contribution in [0.3, 0.4) is 0 Å². The predicted octanol–water partition coefficient (Wildman–Crippen LogP) is 2.89. The van der Waals surface area contributed by atoms with Crippen LogP contribution in [-0.4, -0.2) is 42.2 Å². The van der Waals surface area contributed by atoms with Crippen LogP contribution < -0.4 is 0 Å². The highest BCUT2D eigenvalue weighted by Crippen LogP contribution is 2.32. The topological polar surface area (TPSA) is 76.3 Å². The van der Waals surface area contributed by atoms with Crippen LogP contribution in [0.15, 0.2) is 28.8 Å². The zero-order valence-corrected chi connectivity index (χ0v) is 14.1. The Hall–Kier alpha value is -1.94. The van der Waals surface area contributed by atoms with Gasteiger partial charge in [-0.3, -0.25) is 0 Å². The lowest BCUT2D eigenvalue weighted by molar-refractivity contribution is -0.137. The fraction of sp³-hybridized carbons (Fsp3) is 0.467. The highest BCUT2D eigenvalue weighted by Gasteiger charge is 2.31. The van der Waals surface area contributed by atoms with Gasteiger partial charge in [-0.05, 0) is 25.0 Å². The van der Waals surface area contributed by atoms with Gasteiger partial charge in [-0.2, -0.15) is 18.2 Å². The molecule has 2 aromatic rings. The van der Waals surface area contributed by atoms with E-state index in [1.54, 1.807) is 0 Å². The van der Waals surface area contributed by atoms with Crippen molar-refractivity contribution in [1.82, 2.24) is 14.4 Å². The van der Waals surface area contributed by atoms with Crippen LogP contribution in [0.2, 0.25) is 0 Å². The van der Waals surface area contributed by atoms with E-state index in [1.807, 2.05) is 0 Å². The Bertz CT molecular complexity index is 839. The van der Waals surface area contributed by atoms with Gasteiger partial charge in [0.2, 0.25) is 21.7 Å². The largest absolute Gasteiger partial charge is 0.416 e. The molecule has 0 atom stereocenters. The summed E-state index contributed by atoms with van der Waals surface area (Å²) in [4.78, 5) is 4.26. The molecule has 0 aliphatic carbocycles. The van der Waals surface area contributed by atoms with E-state index in [-0.39, 0.29) is 11.7 Å². The van der Waals surface area contributed by atoms with E-state index in [1.165, 1.54) is 22.7 Å². The number of alkyl halides is 3. The van der Waals surface area contributed by atoms with Crippen molar-refractivity contribution in [3.63, 3.8) is 0 Å². The first-order chi connectivity index (χ1) is 11.6. The second kappa shape index (κ2) is 6.41. The van der Waals surface area contributed by atoms with Gasteiger partial charge in [-0.15, -0.1) is 0 Å². The molecule has 3 rings (SSSR count). The van der Waals surface area contributed by atoms with Crippen LogP contribution in [0, 0.1) is 0 Å². The number of aromatic nitrogens is 2. The Morgan fingerprint density at radius 1 is 1.16 bits per heavy atom. The molecule has 0 radical (unpaired) electrons. The zero-order valence-electron chi connectivity index (χ0n) is 13.3. The Kier molecular flexibility index (Phi) is 4.58. The molecule has 0 spiro atoms. The molecule has 0 N–H and O–H groups in total. The molecule has 0 amide bonds. The number of benzene rings is 1. The fourth-order valence-electron chi connectivity index (χ4n) is 2.76. The van der Waals surface area contributed by atoms with Gasteiger partial charge in [-0.1, -0.05) is 17.3 Å². The van der Waals surface area contributed by atoms with E-state index in [0.717, 1.165) is 12.1 Å². The normalized spacial score (nSPS) is 17.8. The molecular weight excluding hydrogens is 359 g/mol.